The largest absolute Gasteiger partial charge is 0.490 e. The fraction of sp³-hybridized carbons (Fsp3) is 0.214. The zero-order valence-corrected chi connectivity index (χ0v) is 11.8. The molecule has 0 saturated carbocycles. The maximum absolute atomic E-state index is 11.5. The molecule has 0 aliphatic rings. The first-order valence-corrected chi connectivity index (χ1v) is 6.22. The third-order valence-corrected chi connectivity index (χ3v) is 2.95. The minimum atomic E-state index is -0.470. The molecule has 0 radical (unpaired) electrons. The molecule has 1 aromatic carbocycles. The predicted octanol–water partition coefficient (Wildman–Crippen LogP) is 3.11. The van der Waals surface area contributed by atoms with Crippen molar-refractivity contribution in [3.8, 4) is 5.75 Å². The van der Waals surface area contributed by atoms with Crippen LogP contribution in [0.4, 0.5) is 5.69 Å². The molecule has 0 saturated heterocycles. The van der Waals surface area contributed by atoms with Crippen LogP contribution >= 0.6 is 0 Å². The van der Waals surface area contributed by atoms with E-state index in [1.165, 1.54) is 19.4 Å². The van der Waals surface area contributed by atoms with Gasteiger partial charge >= 0.3 is 5.63 Å². The van der Waals surface area contributed by atoms with Crippen LogP contribution in [0.1, 0.15) is 0 Å². The van der Waals surface area contributed by atoms with E-state index in [2.05, 4.69) is 10.3 Å². The van der Waals surface area contributed by atoms with Crippen molar-refractivity contribution in [2.24, 2.45) is 10.3 Å². The van der Waals surface area contributed by atoms with E-state index in [9.17, 15) is 4.79 Å². The van der Waals surface area contributed by atoms with Crippen LogP contribution in [-0.4, -0.2) is 26.2 Å². The number of ether oxygens (including phenoxy) is 1. The molecule has 0 spiro atoms. The maximum Gasteiger partial charge on any atom is 0.336 e. The van der Waals surface area contributed by atoms with Crippen molar-refractivity contribution in [3.05, 3.63) is 34.9 Å². The van der Waals surface area contributed by atoms with E-state index in [1.807, 2.05) is 0 Å². The molecular formula is C14H13N3O4. The first-order chi connectivity index (χ1) is 10.1. The minimum absolute atomic E-state index is 0.292. The van der Waals surface area contributed by atoms with Crippen molar-refractivity contribution in [1.82, 2.24) is 5.01 Å². The van der Waals surface area contributed by atoms with Gasteiger partial charge in [0, 0.05) is 20.2 Å². The number of hydrogen-bond acceptors (Lipinski definition) is 6. The fourth-order valence-corrected chi connectivity index (χ4v) is 2.12. The molecule has 7 nitrogen and oxygen atoms in total. The number of benzene rings is 1. The van der Waals surface area contributed by atoms with Crippen LogP contribution in [0.5, 0.6) is 5.75 Å². The Bertz CT molecular complexity index is 892. The Hall–Kier alpha value is -2.83. The Kier molecular flexibility index (Phi) is 3.09. The Morgan fingerprint density at radius 3 is 2.62 bits per heavy atom. The van der Waals surface area contributed by atoms with Gasteiger partial charge in [0.15, 0.2) is 11.2 Å². The van der Waals surface area contributed by atoms with E-state index < -0.39 is 5.63 Å². The van der Waals surface area contributed by atoms with Crippen LogP contribution in [0.15, 0.2) is 48.4 Å². The van der Waals surface area contributed by atoms with Gasteiger partial charge < -0.3 is 13.6 Å². The second-order valence-electron chi connectivity index (χ2n) is 4.58. The smallest absolute Gasteiger partial charge is 0.336 e. The van der Waals surface area contributed by atoms with Gasteiger partial charge in [-0.15, -0.1) is 5.11 Å². The van der Waals surface area contributed by atoms with Gasteiger partial charge in [-0.3, -0.25) is 5.01 Å². The Morgan fingerprint density at radius 2 is 1.90 bits per heavy atom. The van der Waals surface area contributed by atoms with Crippen LogP contribution < -0.4 is 10.4 Å². The van der Waals surface area contributed by atoms with E-state index >= 15 is 0 Å². The highest BCUT2D eigenvalue weighted by Crippen LogP contribution is 2.42. The summed E-state index contributed by atoms with van der Waals surface area (Å²) >= 11 is 0. The summed E-state index contributed by atoms with van der Waals surface area (Å²) in [5.41, 5.74) is 0.849. The van der Waals surface area contributed by atoms with Crippen molar-refractivity contribution in [2.45, 2.75) is 0 Å². The second-order valence-corrected chi connectivity index (χ2v) is 4.58. The van der Waals surface area contributed by atoms with Crippen LogP contribution in [0, 0.1) is 0 Å². The van der Waals surface area contributed by atoms with Gasteiger partial charge in [-0.1, -0.05) is 5.22 Å². The van der Waals surface area contributed by atoms with Crippen molar-refractivity contribution < 1.29 is 13.6 Å². The average molecular weight is 287 g/mol. The third-order valence-electron chi connectivity index (χ3n) is 2.95. The Morgan fingerprint density at radius 1 is 1.14 bits per heavy atom. The maximum atomic E-state index is 11.5. The zero-order chi connectivity index (χ0) is 15.0. The molecule has 3 rings (SSSR count). The molecule has 0 aliphatic carbocycles. The molecule has 21 heavy (non-hydrogen) atoms. The van der Waals surface area contributed by atoms with E-state index in [0.29, 0.717) is 28.0 Å². The van der Waals surface area contributed by atoms with Crippen LogP contribution in [0.3, 0.4) is 0 Å². The molecule has 2 aromatic heterocycles. The van der Waals surface area contributed by atoms with E-state index in [4.69, 9.17) is 13.6 Å². The van der Waals surface area contributed by atoms with Crippen molar-refractivity contribution in [1.29, 1.82) is 0 Å². The first kappa shape index (κ1) is 13.2. The second kappa shape index (κ2) is 4.93. The zero-order valence-electron chi connectivity index (χ0n) is 11.8. The highest BCUT2D eigenvalue weighted by Gasteiger charge is 2.19. The minimum Gasteiger partial charge on any atom is -0.490 e. The third kappa shape index (κ3) is 2.12. The van der Waals surface area contributed by atoms with Gasteiger partial charge in [0.25, 0.3) is 0 Å². The lowest BCUT2D eigenvalue weighted by atomic mass is 10.1. The van der Waals surface area contributed by atoms with Gasteiger partial charge in [0.1, 0.15) is 5.69 Å². The average Bonchev–Trinajstić information content (AvgIpc) is 2.92. The van der Waals surface area contributed by atoms with Crippen LogP contribution in [-0.2, 0) is 0 Å². The van der Waals surface area contributed by atoms with E-state index in [0.717, 1.165) is 5.39 Å². The lowest BCUT2D eigenvalue weighted by Gasteiger charge is -2.08. The Labute approximate surface area is 119 Å². The lowest BCUT2D eigenvalue weighted by Crippen LogP contribution is -1.99. The molecule has 0 fully saturated rings. The SMILES string of the molecule is COc1c2occc2c(N=NN(C)C)c2ccc(=O)oc12. The van der Waals surface area contributed by atoms with E-state index in [1.54, 1.807) is 31.2 Å². The first-order valence-electron chi connectivity index (χ1n) is 6.22. The number of nitrogens with zero attached hydrogens (tertiary/aromatic N) is 3. The summed E-state index contributed by atoms with van der Waals surface area (Å²) < 4.78 is 16.0. The molecule has 0 amide bonds. The topological polar surface area (TPSA) is 80.5 Å². The number of hydrogen-bond donors (Lipinski definition) is 0. The van der Waals surface area contributed by atoms with Crippen LogP contribution in [0.25, 0.3) is 21.9 Å². The molecule has 0 atom stereocenters. The molecule has 3 aromatic rings. The van der Waals surface area contributed by atoms with Gasteiger partial charge in [0.2, 0.25) is 5.75 Å². The summed E-state index contributed by atoms with van der Waals surface area (Å²) in [6, 6.07) is 4.74. The number of methoxy groups -OCH3 is 1. The standard InChI is InChI=1S/C14H13N3O4/c1-17(2)16-15-11-8-4-5-10(18)21-13(8)14(19-3)12-9(11)6-7-20-12/h4-7H,1-3H3. The number of fused-ring (bicyclic) bond motifs is 2. The predicted molar refractivity (Wildman–Crippen MR) is 77.0 cm³/mol. The summed E-state index contributed by atoms with van der Waals surface area (Å²) in [5.74, 6) is 0.367. The normalized spacial score (nSPS) is 11.6. The van der Waals surface area contributed by atoms with Gasteiger partial charge in [-0.25, -0.2) is 4.79 Å². The molecule has 108 valence electrons. The summed E-state index contributed by atoms with van der Waals surface area (Å²) in [4.78, 5) is 11.5. The van der Waals surface area contributed by atoms with Gasteiger partial charge in [-0.2, -0.15) is 0 Å². The molecular weight excluding hydrogens is 274 g/mol. The molecule has 0 aliphatic heterocycles. The fourth-order valence-electron chi connectivity index (χ4n) is 2.12. The van der Waals surface area contributed by atoms with Crippen LogP contribution in [0.2, 0.25) is 0 Å². The summed E-state index contributed by atoms with van der Waals surface area (Å²) in [6.07, 6.45) is 1.53. The van der Waals surface area contributed by atoms with Crippen molar-refractivity contribution >= 4 is 27.6 Å². The number of furan rings is 1. The molecule has 0 unspecified atom stereocenters. The quantitative estimate of drug-likeness (QED) is 0.420. The monoisotopic (exact) mass is 287 g/mol. The van der Waals surface area contributed by atoms with Crippen molar-refractivity contribution in [2.75, 3.05) is 21.2 Å². The number of rotatable bonds is 3. The highest BCUT2D eigenvalue weighted by molar-refractivity contribution is 6.10. The molecule has 2 heterocycles. The molecule has 0 bridgehead atoms. The lowest BCUT2D eigenvalue weighted by molar-refractivity contribution is 0.402. The van der Waals surface area contributed by atoms with E-state index in [-0.39, 0.29) is 0 Å². The van der Waals surface area contributed by atoms with Crippen molar-refractivity contribution in [3.63, 3.8) is 0 Å². The summed E-state index contributed by atoms with van der Waals surface area (Å²) in [7, 11) is 5.02. The van der Waals surface area contributed by atoms with Gasteiger partial charge in [0.05, 0.1) is 24.1 Å². The molecule has 7 heteroatoms. The summed E-state index contributed by atoms with van der Waals surface area (Å²) in [5, 5.41) is 11.2. The highest BCUT2D eigenvalue weighted by atomic mass is 16.5. The van der Waals surface area contributed by atoms with Gasteiger partial charge in [-0.05, 0) is 12.1 Å². The molecule has 0 N–H and O–H groups in total. The summed E-state index contributed by atoms with van der Waals surface area (Å²) in [6.45, 7) is 0. The Balaban J connectivity index is 2.48.